The van der Waals surface area contributed by atoms with Crippen LogP contribution in [0.3, 0.4) is 0 Å². The van der Waals surface area contributed by atoms with Crippen LogP contribution in [0.4, 0.5) is 0 Å². The summed E-state index contributed by atoms with van der Waals surface area (Å²) in [7, 11) is 3.15. The molecule has 21 heavy (non-hydrogen) atoms. The van der Waals surface area contributed by atoms with E-state index in [0.717, 1.165) is 0 Å². The lowest BCUT2D eigenvalue weighted by molar-refractivity contribution is 0.319. The van der Waals surface area contributed by atoms with Crippen molar-refractivity contribution in [1.29, 1.82) is 0 Å². The fraction of sp³-hybridized carbons (Fsp3) is 0.455. The largest absolute Gasteiger partial charge is 0.493 e. The molecular formula is C11H14N3O5SSi. The van der Waals surface area contributed by atoms with E-state index in [1.54, 1.807) is 6.92 Å². The van der Waals surface area contributed by atoms with Gasteiger partial charge in [0.25, 0.3) is 10.0 Å². The third-order valence-corrected chi connectivity index (χ3v) is 4.55. The Balaban J connectivity index is 4.03. The summed E-state index contributed by atoms with van der Waals surface area (Å²) in [5.74, 6) is 0.317. The second-order valence-electron chi connectivity index (χ2n) is 3.78. The summed E-state index contributed by atoms with van der Waals surface area (Å²) in [5, 5.41) is 0.393. The summed E-state index contributed by atoms with van der Waals surface area (Å²) in [5.41, 5.74) is 8.83. The van der Waals surface area contributed by atoms with Gasteiger partial charge in [0.2, 0.25) is 5.75 Å². The van der Waals surface area contributed by atoms with Gasteiger partial charge in [0.15, 0.2) is 11.5 Å². The summed E-state index contributed by atoms with van der Waals surface area (Å²) in [6.07, 6.45) is 0.338. The Morgan fingerprint density at radius 3 is 2.05 bits per heavy atom. The molecule has 0 spiro atoms. The minimum atomic E-state index is -4.26. The lowest BCUT2D eigenvalue weighted by Gasteiger charge is -2.20. The molecule has 8 nitrogen and oxygen atoms in total. The van der Waals surface area contributed by atoms with Crippen molar-refractivity contribution < 1.29 is 22.6 Å². The monoisotopic (exact) mass is 328 g/mol. The van der Waals surface area contributed by atoms with Crippen LogP contribution in [0, 0.1) is 0 Å². The highest BCUT2D eigenvalue weighted by Crippen LogP contribution is 2.43. The molecule has 1 aromatic rings. The average Bonchev–Trinajstić information content (AvgIpc) is 2.45. The van der Waals surface area contributed by atoms with Gasteiger partial charge in [0.05, 0.1) is 31.6 Å². The summed E-state index contributed by atoms with van der Waals surface area (Å²) in [6.45, 7) is 1.75. The number of rotatable bonds is 6. The van der Waals surface area contributed by atoms with Crippen molar-refractivity contribution in [3.8, 4) is 17.2 Å². The van der Waals surface area contributed by atoms with E-state index >= 15 is 0 Å². The van der Waals surface area contributed by atoms with Crippen molar-refractivity contribution in [2.75, 3.05) is 21.3 Å². The van der Waals surface area contributed by atoms with Crippen LogP contribution in [0.5, 0.6) is 17.2 Å². The van der Waals surface area contributed by atoms with E-state index in [2.05, 4.69) is 19.7 Å². The topological polar surface area (TPSA) is 111 Å². The quantitative estimate of drug-likeness (QED) is 0.336. The van der Waals surface area contributed by atoms with Gasteiger partial charge in [0, 0.05) is 9.43 Å². The molecule has 0 aliphatic heterocycles. The van der Waals surface area contributed by atoms with Gasteiger partial charge in [-0.05, 0) is 22.7 Å². The molecule has 0 saturated carbocycles. The maximum Gasteiger partial charge on any atom is 0.268 e. The Labute approximate surface area is 126 Å². The predicted octanol–water partition coefficient (Wildman–Crippen LogP) is 1.07. The molecular weight excluding hydrogens is 314 g/mol. The zero-order valence-corrected chi connectivity index (χ0v) is 13.8. The van der Waals surface area contributed by atoms with E-state index in [1.807, 2.05) is 0 Å². The first-order valence-electron chi connectivity index (χ1n) is 5.77. The zero-order chi connectivity index (χ0) is 16.2. The molecule has 10 heteroatoms. The molecule has 0 saturated heterocycles. The Kier molecular flexibility index (Phi) is 5.47. The molecule has 1 rings (SSSR count). The number of hydrogen-bond donors (Lipinski definition) is 0. The van der Waals surface area contributed by atoms with E-state index in [1.165, 1.54) is 21.3 Å². The molecule has 3 radical (unpaired) electrons. The van der Waals surface area contributed by atoms with E-state index in [-0.39, 0.29) is 16.4 Å². The Hall–Kier alpha value is -1.90. The lowest BCUT2D eigenvalue weighted by atomic mass is 10.1. The average molecular weight is 328 g/mol. The molecule has 0 fully saturated rings. The Bertz CT molecular complexity index is 699. The number of azide groups is 1. The molecule has 0 aliphatic rings. The lowest BCUT2D eigenvalue weighted by Crippen LogP contribution is -2.20. The van der Waals surface area contributed by atoms with Crippen molar-refractivity contribution in [1.82, 2.24) is 0 Å². The molecule has 0 unspecified atom stereocenters. The van der Waals surface area contributed by atoms with Gasteiger partial charge in [0.1, 0.15) is 4.90 Å². The van der Waals surface area contributed by atoms with Crippen molar-refractivity contribution in [2.45, 2.75) is 18.2 Å². The van der Waals surface area contributed by atoms with Crippen molar-refractivity contribution in [3.05, 3.63) is 16.0 Å². The first-order chi connectivity index (χ1) is 9.89. The van der Waals surface area contributed by atoms with Crippen molar-refractivity contribution >= 4 is 25.5 Å². The summed E-state index contributed by atoms with van der Waals surface area (Å²) >= 11 is 0. The standard InChI is InChI=1S/C11H14N3O5SSi/c1-5-6-10(20(15,16)14-13-12)8(18-3)7(17-2)9(19-4)11(6)21/h5H2,1-4H3. The molecule has 0 N–H and O–H groups in total. The maximum atomic E-state index is 12.2. The third-order valence-electron chi connectivity index (χ3n) is 2.79. The number of hydrogen-bond acceptors (Lipinski definition) is 5. The molecule has 0 aliphatic carbocycles. The minimum absolute atomic E-state index is 0.0689. The fourth-order valence-corrected chi connectivity index (χ4v) is 3.73. The van der Waals surface area contributed by atoms with E-state index in [4.69, 9.17) is 19.7 Å². The van der Waals surface area contributed by atoms with Gasteiger partial charge in [-0.2, -0.15) is 0 Å². The number of nitrogens with zero attached hydrogens (tertiary/aromatic N) is 3. The van der Waals surface area contributed by atoms with E-state index < -0.39 is 10.0 Å². The number of methoxy groups -OCH3 is 3. The van der Waals surface area contributed by atoms with Crippen LogP contribution in [0.2, 0.25) is 0 Å². The molecule has 0 heterocycles. The van der Waals surface area contributed by atoms with Crippen LogP contribution in [0.25, 0.3) is 10.4 Å². The Morgan fingerprint density at radius 2 is 1.67 bits per heavy atom. The molecule has 0 bridgehead atoms. The van der Waals surface area contributed by atoms with Crippen LogP contribution < -0.4 is 19.4 Å². The predicted molar refractivity (Wildman–Crippen MR) is 77.2 cm³/mol. The summed E-state index contributed by atoms with van der Waals surface area (Å²) in [6, 6.07) is 0. The smallest absolute Gasteiger partial charge is 0.268 e. The minimum Gasteiger partial charge on any atom is -0.493 e. The molecule has 1 aromatic carbocycles. The second kappa shape index (κ2) is 6.70. The van der Waals surface area contributed by atoms with Gasteiger partial charge < -0.3 is 14.2 Å². The highest BCUT2D eigenvalue weighted by molar-refractivity contribution is 7.90. The third kappa shape index (κ3) is 2.92. The molecule has 113 valence electrons. The van der Waals surface area contributed by atoms with E-state index in [0.29, 0.717) is 22.9 Å². The van der Waals surface area contributed by atoms with Gasteiger partial charge in [-0.15, -0.1) is 0 Å². The van der Waals surface area contributed by atoms with Crippen LogP contribution in [-0.2, 0) is 16.4 Å². The molecule has 0 amide bonds. The van der Waals surface area contributed by atoms with Gasteiger partial charge >= 0.3 is 0 Å². The SMILES string of the molecule is CCc1c([Si])c(OC)c(OC)c(OC)c1S(=O)(=O)N=[N+]=[N-]. The van der Waals surface area contributed by atoms with Crippen molar-refractivity contribution in [3.63, 3.8) is 0 Å². The van der Waals surface area contributed by atoms with Gasteiger partial charge in [-0.25, -0.2) is 8.42 Å². The highest BCUT2D eigenvalue weighted by atomic mass is 32.2. The first-order valence-corrected chi connectivity index (χ1v) is 7.71. The summed E-state index contributed by atoms with van der Waals surface area (Å²) < 4.78 is 42.8. The van der Waals surface area contributed by atoms with Crippen LogP contribution in [0.1, 0.15) is 12.5 Å². The normalized spacial score (nSPS) is 10.7. The number of ether oxygens (including phenoxy) is 3. The zero-order valence-electron chi connectivity index (χ0n) is 12.0. The number of benzene rings is 1. The maximum absolute atomic E-state index is 12.2. The van der Waals surface area contributed by atoms with Crippen LogP contribution in [0.15, 0.2) is 9.42 Å². The Morgan fingerprint density at radius 1 is 1.14 bits per heavy atom. The first kappa shape index (κ1) is 17.1. The van der Waals surface area contributed by atoms with Crippen molar-refractivity contribution in [2.24, 2.45) is 4.52 Å². The second-order valence-corrected chi connectivity index (χ2v) is 5.80. The molecule has 0 atom stereocenters. The fourth-order valence-electron chi connectivity index (χ4n) is 1.97. The molecule has 0 aromatic heterocycles. The highest BCUT2D eigenvalue weighted by Gasteiger charge is 2.30. The van der Waals surface area contributed by atoms with Crippen LogP contribution >= 0.6 is 0 Å². The van der Waals surface area contributed by atoms with Gasteiger partial charge in [-0.1, -0.05) is 6.92 Å². The van der Waals surface area contributed by atoms with E-state index in [9.17, 15) is 8.42 Å². The number of sulfonamides is 1. The van der Waals surface area contributed by atoms with Crippen LogP contribution in [-0.4, -0.2) is 40.0 Å². The van der Waals surface area contributed by atoms with Gasteiger partial charge in [-0.3, -0.25) is 0 Å². The summed E-state index contributed by atoms with van der Waals surface area (Å²) in [4.78, 5) is 2.11.